The summed E-state index contributed by atoms with van der Waals surface area (Å²) in [7, 11) is 0. The van der Waals surface area contributed by atoms with Crippen LogP contribution in [0, 0.1) is 18.2 Å². The first-order valence-electron chi connectivity index (χ1n) is 4.77. The SMILES string of the molecule is [C-]#[N+]C1(Nc2cc(F)ccc2F)CCC1. The van der Waals surface area contributed by atoms with Gasteiger partial charge in [0.15, 0.2) is 0 Å². The van der Waals surface area contributed by atoms with E-state index >= 15 is 0 Å². The van der Waals surface area contributed by atoms with Crippen LogP contribution in [-0.2, 0) is 0 Å². The highest BCUT2D eigenvalue weighted by Crippen LogP contribution is 2.37. The lowest BCUT2D eigenvalue weighted by Crippen LogP contribution is -2.41. The minimum absolute atomic E-state index is 0.0747. The van der Waals surface area contributed by atoms with Crippen LogP contribution in [0.3, 0.4) is 0 Å². The minimum atomic E-state index is -0.714. The van der Waals surface area contributed by atoms with E-state index in [0.717, 1.165) is 24.6 Å². The monoisotopic (exact) mass is 208 g/mol. The summed E-state index contributed by atoms with van der Waals surface area (Å²) < 4.78 is 26.1. The van der Waals surface area contributed by atoms with Gasteiger partial charge in [0.2, 0.25) is 0 Å². The first kappa shape index (κ1) is 9.91. The summed E-state index contributed by atoms with van der Waals surface area (Å²) in [5.41, 5.74) is -0.639. The molecule has 0 amide bonds. The maximum atomic E-state index is 13.3. The fourth-order valence-electron chi connectivity index (χ4n) is 1.62. The Kier molecular flexibility index (Phi) is 2.31. The third-order valence-electron chi connectivity index (χ3n) is 2.69. The number of hydrogen-bond donors (Lipinski definition) is 1. The summed E-state index contributed by atoms with van der Waals surface area (Å²) in [5, 5.41) is 2.78. The van der Waals surface area contributed by atoms with Crippen molar-refractivity contribution in [1.82, 2.24) is 0 Å². The molecule has 0 heterocycles. The summed E-state index contributed by atoms with van der Waals surface area (Å²) in [6.45, 7) is 7.03. The van der Waals surface area contributed by atoms with Crippen LogP contribution >= 0.6 is 0 Å². The van der Waals surface area contributed by atoms with Crippen molar-refractivity contribution in [3.8, 4) is 0 Å². The van der Waals surface area contributed by atoms with Gasteiger partial charge in [-0.05, 0) is 18.6 Å². The molecule has 1 aliphatic carbocycles. The van der Waals surface area contributed by atoms with E-state index in [2.05, 4.69) is 10.2 Å². The highest BCUT2D eigenvalue weighted by Gasteiger charge is 2.44. The molecule has 0 bridgehead atoms. The molecule has 0 unspecified atom stereocenters. The zero-order chi connectivity index (χ0) is 10.9. The number of hydrogen-bond acceptors (Lipinski definition) is 1. The highest BCUT2D eigenvalue weighted by atomic mass is 19.1. The fraction of sp³-hybridized carbons (Fsp3) is 0.364. The van der Waals surface area contributed by atoms with Gasteiger partial charge in [-0.1, -0.05) is 0 Å². The Labute approximate surface area is 86.7 Å². The summed E-state index contributed by atoms with van der Waals surface area (Å²) in [6.07, 6.45) is 2.32. The summed E-state index contributed by atoms with van der Waals surface area (Å²) in [4.78, 5) is 3.44. The third-order valence-corrected chi connectivity index (χ3v) is 2.69. The minimum Gasteiger partial charge on any atom is -0.312 e. The van der Waals surface area contributed by atoms with Crippen molar-refractivity contribution >= 4 is 5.69 Å². The predicted molar refractivity (Wildman–Crippen MR) is 53.2 cm³/mol. The number of halogens is 2. The molecule has 1 aromatic rings. The molecular formula is C11H10F2N2. The lowest BCUT2D eigenvalue weighted by atomic mass is 9.85. The van der Waals surface area contributed by atoms with Gasteiger partial charge in [0, 0.05) is 18.9 Å². The van der Waals surface area contributed by atoms with E-state index < -0.39 is 17.3 Å². The Bertz CT molecular complexity index is 419. The van der Waals surface area contributed by atoms with E-state index in [4.69, 9.17) is 6.57 Å². The molecule has 15 heavy (non-hydrogen) atoms. The van der Waals surface area contributed by atoms with Gasteiger partial charge < -0.3 is 5.32 Å². The molecule has 4 heteroatoms. The normalized spacial score (nSPS) is 17.7. The average molecular weight is 208 g/mol. The van der Waals surface area contributed by atoms with Crippen LogP contribution < -0.4 is 5.32 Å². The molecule has 1 aliphatic rings. The third kappa shape index (κ3) is 1.78. The number of nitrogens with zero attached hydrogens (tertiary/aromatic N) is 1. The van der Waals surface area contributed by atoms with Gasteiger partial charge in [0.25, 0.3) is 0 Å². The van der Waals surface area contributed by atoms with E-state index in [1.807, 2.05) is 0 Å². The maximum absolute atomic E-state index is 13.3. The van der Waals surface area contributed by atoms with Crippen LogP contribution in [0.4, 0.5) is 14.5 Å². The number of anilines is 1. The smallest absolute Gasteiger partial charge is 0.305 e. The molecule has 1 aromatic carbocycles. The van der Waals surface area contributed by atoms with E-state index in [0.29, 0.717) is 12.8 Å². The topological polar surface area (TPSA) is 16.4 Å². The Balaban J connectivity index is 2.24. The van der Waals surface area contributed by atoms with Crippen LogP contribution in [-0.4, -0.2) is 5.66 Å². The quantitative estimate of drug-likeness (QED) is 0.738. The van der Waals surface area contributed by atoms with E-state index in [9.17, 15) is 8.78 Å². The van der Waals surface area contributed by atoms with Gasteiger partial charge in [-0.15, -0.1) is 0 Å². The van der Waals surface area contributed by atoms with Crippen LogP contribution in [0.5, 0.6) is 0 Å². The molecule has 0 radical (unpaired) electrons. The molecular weight excluding hydrogens is 198 g/mol. The molecule has 1 fully saturated rings. The Morgan fingerprint density at radius 1 is 1.33 bits per heavy atom. The second-order valence-electron chi connectivity index (χ2n) is 3.75. The lowest BCUT2D eigenvalue weighted by Gasteiger charge is -2.31. The standard InChI is InChI=1S/C11H10F2N2/c1-14-11(5-2-6-11)15-10-7-8(12)3-4-9(10)13/h3-4,7,15H,2,5-6H2. The van der Waals surface area contributed by atoms with Gasteiger partial charge in [-0.3, -0.25) is 4.85 Å². The van der Waals surface area contributed by atoms with E-state index in [1.165, 1.54) is 0 Å². The first-order valence-corrected chi connectivity index (χ1v) is 4.77. The van der Waals surface area contributed by atoms with E-state index in [1.54, 1.807) is 0 Å². The van der Waals surface area contributed by atoms with Crippen molar-refractivity contribution in [3.05, 3.63) is 41.3 Å². The summed E-state index contributed by atoms with van der Waals surface area (Å²) >= 11 is 0. The van der Waals surface area contributed by atoms with Gasteiger partial charge in [0.1, 0.15) is 11.6 Å². The zero-order valence-corrected chi connectivity index (χ0v) is 8.06. The van der Waals surface area contributed by atoms with Gasteiger partial charge >= 0.3 is 5.66 Å². The van der Waals surface area contributed by atoms with Gasteiger partial charge in [-0.2, -0.15) is 0 Å². The Hall–Kier alpha value is -1.63. The average Bonchev–Trinajstić information content (AvgIpc) is 2.17. The molecule has 2 rings (SSSR count). The zero-order valence-electron chi connectivity index (χ0n) is 8.06. The molecule has 0 aromatic heterocycles. The summed E-state index contributed by atoms with van der Waals surface area (Å²) in [5.74, 6) is -1.02. The second-order valence-corrected chi connectivity index (χ2v) is 3.75. The predicted octanol–water partition coefficient (Wildman–Crippen LogP) is 3.18. The Morgan fingerprint density at radius 2 is 2.07 bits per heavy atom. The summed E-state index contributed by atoms with van der Waals surface area (Å²) in [6, 6.07) is 3.21. The van der Waals surface area contributed by atoms with Crippen LogP contribution in [0.1, 0.15) is 19.3 Å². The maximum Gasteiger partial charge on any atom is 0.305 e. The number of rotatable bonds is 2. The molecule has 1 saturated carbocycles. The molecule has 0 spiro atoms. The fourth-order valence-corrected chi connectivity index (χ4v) is 1.62. The van der Waals surface area contributed by atoms with Crippen LogP contribution in [0.25, 0.3) is 4.85 Å². The van der Waals surface area contributed by atoms with Crippen molar-refractivity contribution < 1.29 is 8.78 Å². The van der Waals surface area contributed by atoms with Gasteiger partial charge in [-0.25, -0.2) is 15.4 Å². The van der Waals surface area contributed by atoms with Crippen LogP contribution in [0.15, 0.2) is 18.2 Å². The van der Waals surface area contributed by atoms with Crippen molar-refractivity contribution in [2.45, 2.75) is 24.9 Å². The highest BCUT2D eigenvalue weighted by molar-refractivity contribution is 5.48. The van der Waals surface area contributed by atoms with Crippen molar-refractivity contribution in [2.75, 3.05) is 5.32 Å². The molecule has 2 nitrogen and oxygen atoms in total. The van der Waals surface area contributed by atoms with Crippen LogP contribution in [0.2, 0.25) is 0 Å². The first-order chi connectivity index (χ1) is 7.15. The van der Waals surface area contributed by atoms with Crippen molar-refractivity contribution in [2.24, 2.45) is 0 Å². The largest absolute Gasteiger partial charge is 0.312 e. The van der Waals surface area contributed by atoms with Crippen molar-refractivity contribution in [3.63, 3.8) is 0 Å². The number of benzene rings is 1. The Morgan fingerprint density at radius 3 is 2.60 bits per heavy atom. The molecule has 0 saturated heterocycles. The van der Waals surface area contributed by atoms with E-state index in [-0.39, 0.29) is 5.69 Å². The molecule has 1 N–H and O–H groups in total. The van der Waals surface area contributed by atoms with Crippen molar-refractivity contribution in [1.29, 1.82) is 0 Å². The molecule has 0 atom stereocenters. The molecule has 78 valence electrons. The number of nitrogens with one attached hydrogen (secondary N) is 1. The lowest BCUT2D eigenvalue weighted by molar-refractivity contribution is 0.342. The molecule has 0 aliphatic heterocycles. The second kappa shape index (κ2) is 3.50. The van der Waals surface area contributed by atoms with Gasteiger partial charge in [0.05, 0.1) is 5.69 Å².